The highest BCUT2D eigenvalue weighted by molar-refractivity contribution is 5.93. The first-order chi connectivity index (χ1) is 8.02. The van der Waals surface area contributed by atoms with E-state index in [2.05, 4.69) is 10.5 Å². The molecule has 1 aliphatic carbocycles. The Kier molecular flexibility index (Phi) is 2.87. The Morgan fingerprint density at radius 3 is 2.71 bits per heavy atom. The molecule has 0 aromatic carbocycles. The normalized spacial score (nSPS) is 17.2. The van der Waals surface area contributed by atoms with Gasteiger partial charge >= 0.3 is 5.97 Å². The Hall–Kier alpha value is -1.85. The lowest BCUT2D eigenvalue weighted by Crippen LogP contribution is -2.54. The van der Waals surface area contributed by atoms with E-state index in [1.165, 1.54) is 6.20 Å². The minimum Gasteiger partial charge on any atom is -0.481 e. The summed E-state index contributed by atoms with van der Waals surface area (Å²) in [5.74, 6) is -1.14. The zero-order valence-electron chi connectivity index (χ0n) is 9.52. The molecule has 0 aliphatic heterocycles. The molecular formula is C11H14N2O4. The summed E-state index contributed by atoms with van der Waals surface area (Å²) in [7, 11) is 0. The van der Waals surface area contributed by atoms with Gasteiger partial charge in [0.15, 0.2) is 0 Å². The average Bonchev–Trinajstić information content (AvgIpc) is 2.60. The van der Waals surface area contributed by atoms with Crippen LogP contribution in [-0.4, -0.2) is 27.7 Å². The van der Waals surface area contributed by atoms with Crippen molar-refractivity contribution in [2.24, 2.45) is 0 Å². The van der Waals surface area contributed by atoms with E-state index < -0.39 is 11.5 Å². The number of carbonyl (C=O) groups is 2. The van der Waals surface area contributed by atoms with Gasteiger partial charge in [-0.05, 0) is 26.2 Å². The molecule has 0 bridgehead atoms. The van der Waals surface area contributed by atoms with Crippen LogP contribution in [0.1, 0.15) is 41.8 Å². The summed E-state index contributed by atoms with van der Waals surface area (Å²) in [5.41, 5.74) is 0.0367. The van der Waals surface area contributed by atoms with Crippen LogP contribution < -0.4 is 5.32 Å². The second-order valence-electron chi connectivity index (χ2n) is 4.50. The van der Waals surface area contributed by atoms with Crippen LogP contribution in [0.25, 0.3) is 0 Å². The van der Waals surface area contributed by atoms with Gasteiger partial charge in [0.05, 0.1) is 18.2 Å². The van der Waals surface area contributed by atoms with E-state index in [-0.39, 0.29) is 18.1 Å². The molecule has 1 fully saturated rings. The molecule has 1 aromatic rings. The van der Waals surface area contributed by atoms with Crippen molar-refractivity contribution in [1.82, 2.24) is 10.5 Å². The van der Waals surface area contributed by atoms with Crippen molar-refractivity contribution in [3.63, 3.8) is 0 Å². The maximum absolute atomic E-state index is 11.9. The van der Waals surface area contributed by atoms with Crippen LogP contribution in [0.4, 0.5) is 0 Å². The van der Waals surface area contributed by atoms with Crippen molar-refractivity contribution >= 4 is 11.9 Å². The molecule has 1 amide bonds. The molecule has 0 unspecified atom stereocenters. The quantitative estimate of drug-likeness (QED) is 0.819. The molecule has 2 N–H and O–H groups in total. The Labute approximate surface area is 98.0 Å². The average molecular weight is 238 g/mol. The molecular weight excluding hydrogens is 224 g/mol. The third-order valence-electron chi connectivity index (χ3n) is 3.13. The van der Waals surface area contributed by atoms with Crippen LogP contribution in [-0.2, 0) is 4.79 Å². The molecule has 92 valence electrons. The number of nitrogens with one attached hydrogen (secondary N) is 1. The van der Waals surface area contributed by atoms with Crippen LogP contribution >= 0.6 is 0 Å². The fourth-order valence-electron chi connectivity index (χ4n) is 2.05. The highest BCUT2D eigenvalue weighted by atomic mass is 16.5. The van der Waals surface area contributed by atoms with E-state index in [1.54, 1.807) is 6.92 Å². The van der Waals surface area contributed by atoms with Crippen molar-refractivity contribution in [3.8, 4) is 0 Å². The van der Waals surface area contributed by atoms with Gasteiger partial charge in [0.2, 0.25) is 5.76 Å². The molecule has 1 heterocycles. The maximum atomic E-state index is 11.9. The molecule has 0 spiro atoms. The van der Waals surface area contributed by atoms with Crippen LogP contribution in [0.2, 0.25) is 0 Å². The van der Waals surface area contributed by atoms with E-state index in [0.29, 0.717) is 18.4 Å². The highest BCUT2D eigenvalue weighted by Gasteiger charge is 2.41. The summed E-state index contributed by atoms with van der Waals surface area (Å²) in [4.78, 5) is 22.6. The molecule has 6 nitrogen and oxygen atoms in total. The van der Waals surface area contributed by atoms with E-state index in [4.69, 9.17) is 9.63 Å². The zero-order chi connectivity index (χ0) is 12.5. The predicted octanol–water partition coefficient (Wildman–Crippen LogP) is 1.11. The summed E-state index contributed by atoms with van der Waals surface area (Å²) in [6, 6.07) is 0. The largest absolute Gasteiger partial charge is 0.481 e. The van der Waals surface area contributed by atoms with E-state index in [1.807, 2.05) is 0 Å². The SMILES string of the molecule is Cc1cnoc1C(=O)NC1(CC(=O)O)CCC1. The Bertz CT molecular complexity index is 448. The first kappa shape index (κ1) is 11.6. The van der Waals surface area contributed by atoms with Gasteiger partial charge in [-0.2, -0.15) is 0 Å². The number of hydrogen-bond acceptors (Lipinski definition) is 4. The second-order valence-corrected chi connectivity index (χ2v) is 4.50. The molecule has 0 atom stereocenters. The number of nitrogens with zero attached hydrogens (tertiary/aromatic N) is 1. The monoisotopic (exact) mass is 238 g/mol. The summed E-state index contributed by atoms with van der Waals surface area (Å²) in [6.07, 6.45) is 3.73. The minimum atomic E-state index is -0.903. The molecule has 0 saturated heterocycles. The predicted molar refractivity (Wildman–Crippen MR) is 57.5 cm³/mol. The third kappa shape index (κ3) is 2.30. The van der Waals surface area contributed by atoms with Crippen molar-refractivity contribution < 1.29 is 19.2 Å². The molecule has 6 heteroatoms. The molecule has 2 rings (SSSR count). The van der Waals surface area contributed by atoms with Crippen LogP contribution in [0.3, 0.4) is 0 Å². The molecule has 0 radical (unpaired) electrons. The van der Waals surface area contributed by atoms with E-state index >= 15 is 0 Å². The van der Waals surface area contributed by atoms with Gasteiger partial charge in [-0.3, -0.25) is 9.59 Å². The summed E-state index contributed by atoms with van der Waals surface area (Å²) >= 11 is 0. The molecule has 1 aliphatic rings. The number of amides is 1. The van der Waals surface area contributed by atoms with Crippen molar-refractivity contribution in [2.75, 3.05) is 0 Å². The summed E-state index contributed by atoms with van der Waals surface area (Å²) in [5, 5.41) is 15.1. The lowest BCUT2D eigenvalue weighted by Gasteiger charge is -2.41. The van der Waals surface area contributed by atoms with Crippen LogP contribution in [0.15, 0.2) is 10.7 Å². The Morgan fingerprint density at radius 1 is 1.59 bits per heavy atom. The smallest absolute Gasteiger partial charge is 0.305 e. The highest BCUT2D eigenvalue weighted by Crippen LogP contribution is 2.35. The molecule has 1 aromatic heterocycles. The number of rotatable bonds is 4. The Balaban J connectivity index is 2.07. The number of carboxylic acids is 1. The number of aliphatic carboxylic acids is 1. The molecule has 17 heavy (non-hydrogen) atoms. The minimum absolute atomic E-state index is 0.0497. The first-order valence-corrected chi connectivity index (χ1v) is 5.48. The first-order valence-electron chi connectivity index (χ1n) is 5.48. The Morgan fingerprint density at radius 2 is 2.29 bits per heavy atom. The number of carbonyl (C=O) groups excluding carboxylic acids is 1. The number of hydrogen-bond donors (Lipinski definition) is 2. The van der Waals surface area contributed by atoms with Crippen molar-refractivity contribution in [1.29, 1.82) is 0 Å². The topological polar surface area (TPSA) is 92.4 Å². The third-order valence-corrected chi connectivity index (χ3v) is 3.13. The number of aryl methyl sites for hydroxylation is 1. The van der Waals surface area contributed by atoms with Crippen LogP contribution in [0.5, 0.6) is 0 Å². The van der Waals surface area contributed by atoms with E-state index in [9.17, 15) is 9.59 Å². The van der Waals surface area contributed by atoms with Crippen molar-refractivity contribution in [3.05, 3.63) is 17.5 Å². The van der Waals surface area contributed by atoms with Gasteiger partial charge in [-0.1, -0.05) is 5.16 Å². The summed E-state index contributed by atoms with van der Waals surface area (Å²) < 4.78 is 4.84. The lowest BCUT2D eigenvalue weighted by atomic mass is 9.74. The molecule has 1 saturated carbocycles. The summed E-state index contributed by atoms with van der Waals surface area (Å²) in [6.45, 7) is 1.72. The van der Waals surface area contributed by atoms with E-state index in [0.717, 1.165) is 6.42 Å². The van der Waals surface area contributed by atoms with Crippen LogP contribution in [0, 0.1) is 6.92 Å². The van der Waals surface area contributed by atoms with Gasteiger partial charge in [-0.15, -0.1) is 0 Å². The van der Waals surface area contributed by atoms with Gasteiger partial charge < -0.3 is 14.9 Å². The number of carboxylic acid groups (broad SMARTS) is 1. The van der Waals surface area contributed by atoms with Gasteiger partial charge in [-0.25, -0.2) is 0 Å². The standard InChI is InChI=1S/C11H14N2O4/c1-7-6-12-17-9(7)10(16)13-11(3-2-4-11)5-8(14)15/h6H,2-5H2,1H3,(H,13,16)(H,14,15). The van der Waals surface area contributed by atoms with Gasteiger partial charge in [0.25, 0.3) is 5.91 Å². The fourth-order valence-corrected chi connectivity index (χ4v) is 2.05. The van der Waals surface area contributed by atoms with Gasteiger partial charge in [0.1, 0.15) is 0 Å². The lowest BCUT2D eigenvalue weighted by molar-refractivity contribution is -0.139. The number of aromatic nitrogens is 1. The fraction of sp³-hybridized carbons (Fsp3) is 0.545. The second kappa shape index (κ2) is 4.20. The van der Waals surface area contributed by atoms with Crippen molar-refractivity contribution in [2.45, 2.75) is 38.1 Å². The van der Waals surface area contributed by atoms with Gasteiger partial charge in [0, 0.05) is 5.56 Å². The maximum Gasteiger partial charge on any atom is 0.305 e. The zero-order valence-corrected chi connectivity index (χ0v) is 9.52.